The predicted molar refractivity (Wildman–Crippen MR) is 79.8 cm³/mol. The maximum absolute atomic E-state index is 12.0. The van der Waals surface area contributed by atoms with Crippen molar-refractivity contribution in [1.82, 2.24) is 10.2 Å². The lowest BCUT2D eigenvalue weighted by atomic mass is 10.1. The number of aliphatic hydroxyl groups is 1. The summed E-state index contributed by atoms with van der Waals surface area (Å²) in [5.41, 5.74) is 3.76. The molecule has 1 heterocycles. The first kappa shape index (κ1) is 14.9. The molecule has 1 aromatic rings. The van der Waals surface area contributed by atoms with Gasteiger partial charge in [-0.1, -0.05) is 29.3 Å². The van der Waals surface area contributed by atoms with Gasteiger partial charge in [0.1, 0.15) is 0 Å². The molecule has 1 aromatic carbocycles. The number of carbonyl (C=O) groups is 1. The number of aliphatic hydroxyl groups excluding tert-OH is 1. The monoisotopic (exact) mass is 276 g/mol. The van der Waals surface area contributed by atoms with Gasteiger partial charge >= 0.3 is 6.03 Å². The number of rotatable bonds is 4. The molecule has 1 aliphatic heterocycles. The Bertz CT molecular complexity index is 453. The average molecular weight is 276 g/mol. The third-order valence-electron chi connectivity index (χ3n) is 3.82. The van der Waals surface area contributed by atoms with E-state index in [2.05, 4.69) is 37.4 Å². The first-order valence-corrected chi connectivity index (χ1v) is 7.32. The van der Waals surface area contributed by atoms with Gasteiger partial charge in [0.05, 0.1) is 12.6 Å². The normalized spacial score (nSPS) is 18.4. The standard InChI is InChI=1S/C16H24N2O2/c1-12-8-13(2)10-14(9-12)5-6-17-16(20)18-7-3-4-15(18)11-19/h8-10,15,19H,3-7,11H2,1-2H3,(H,17,20). The van der Waals surface area contributed by atoms with Crippen LogP contribution >= 0.6 is 0 Å². The van der Waals surface area contributed by atoms with Crippen LogP contribution in [0.5, 0.6) is 0 Å². The first-order chi connectivity index (χ1) is 9.60. The van der Waals surface area contributed by atoms with E-state index in [4.69, 9.17) is 0 Å². The molecule has 4 nitrogen and oxygen atoms in total. The van der Waals surface area contributed by atoms with E-state index >= 15 is 0 Å². The van der Waals surface area contributed by atoms with Crippen LogP contribution < -0.4 is 5.32 Å². The number of amides is 2. The van der Waals surface area contributed by atoms with Crippen molar-refractivity contribution in [2.45, 2.75) is 39.2 Å². The van der Waals surface area contributed by atoms with Crippen molar-refractivity contribution in [2.75, 3.05) is 19.7 Å². The van der Waals surface area contributed by atoms with Crippen LogP contribution in [0, 0.1) is 13.8 Å². The fraction of sp³-hybridized carbons (Fsp3) is 0.562. The van der Waals surface area contributed by atoms with E-state index in [1.54, 1.807) is 4.90 Å². The van der Waals surface area contributed by atoms with E-state index in [0.717, 1.165) is 25.8 Å². The van der Waals surface area contributed by atoms with Crippen molar-refractivity contribution in [3.05, 3.63) is 34.9 Å². The fourth-order valence-electron chi connectivity index (χ4n) is 2.92. The highest BCUT2D eigenvalue weighted by Gasteiger charge is 2.27. The Morgan fingerprint density at radius 3 is 2.70 bits per heavy atom. The Balaban J connectivity index is 1.82. The average Bonchev–Trinajstić information content (AvgIpc) is 2.85. The Kier molecular flexibility index (Phi) is 5.01. The minimum atomic E-state index is -0.0501. The highest BCUT2D eigenvalue weighted by Crippen LogP contribution is 2.16. The van der Waals surface area contributed by atoms with Crippen molar-refractivity contribution in [3.63, 3.8) is 0 Å². The van der Waals surface area contributed by atoms with Crippen LogP contribution in [0.4, 0.5) is 4.79 Å². The number of likely N-dealkylation sites (tertiary alicyclic amines) is 1. The Hall–Kier alpha value is -1.55. The SMILES string of the molecule is Cc1cc(C)cc(CCNC(=O)N2CCCC2CO)c1. The summed E-state index contributed by atoms with van der Waals surface area (Å²) in [4.78, 5) is 13.8. The minimum Gasteiger partial charge on any atom is -0.394 e. The third kappa shape index (κ3) is 3.73. The van der Waals surface area contributed by atoms with Crippen LogP contribution in [0.2, 0.25) is 0 Å². The lowest BCUT2D eigenvalue weighted by Gasteiger charge is -2.23. The van der Waals surface area contributed by atoms with E-state index in [0.29, 0.717) is 6.54 Å². The summed E-state index contributed by atoms with van der Waals surface area (Å²) in [5.74, 6) is 0. The van der Waals surface area contributed by atoms with E-state index in [-0.39, 0.29) is 18.7 Å². The smallest absolute Gasteiger partial charge is 0.317 e. The number of nitrogens with zero attached hydrogens (tertiary/aromatic N) is 1. The van der Waals surface area contributed by atoms with Gasteiger partial charge in [0, 0.05) is 13.1 Å². The van der Waals surface area contributed by atoms with E-state index in [1.165, 1.54) is 16.7 Å². The maximum atomic E-state index is 12.0. The van der Waals surface area contributed by atoms with Crippen molar-refractivity contribution in [2.24, 2.45) is 0 Å². The van der Waals surface area contributed by atoms with Crippen LogP contribution in [0.25, 0.3) is 0 Å². The van der Waals surface area contributed by atoms with Gasteiger partial charge in [0.25, 0.3) is 0 Å². The van der Waals surface area contributed by atoms with Crippen LogP contribution in [-0.4, -0.2) is 41.8 Å². The molecule has 0 bridgehead atoms. The van der Waals surface area contributed by atoms with Gasteiger partial charge in [-0.15, -0.1) is 0 Å². The molecule has 2 rings (SSSR count). The molecule has 0 saturated carbocycles. The molecule has 20 heavy (non-hydrogen) atoms. The van der Waals surface area contributed by atoms with Gasteiger partial charge in [-0.3, -0.25) is 0 Å². The van der Waals surface area contributed by atoms with Crippen LogP contribution in [0.15, 0.2) is 18.2 Å². The van der Waals surface area contributed by atoms with Gasteiger partial charge in [0.15, 0.2) is 0 Å². The first-order valence-electron chi connectivity index (χ1n) is 7.32. The van der Waals surface area contributed by atoms with Gasteiger partial charge < -0.3 is 15.3 Å². The Morgan fingerprint density at radius 2 is 2.05 bits per heavy atom. The molecule has 110 valence electrons. The molecule has 2 amide bonds. The van der Waals surface area contributed by atoms with Crippen molar-refractivity contribution >= 4 is 6.03 Å². The van der Waals surface area contributed by atoms with E-state index < -0.39 is 0 Å². The molecule has 1 atom stereocenters. The molecule has 1 unspecified atom stereocenters. The number of hydrogen-bond acceptors (Lipinski definition) is 2. The molecular weight excluding hydrogens is 252 g/mol. The molecule has 0 radical (unpaired) electrons. The largest absolute Gasteiger partial charge is 0.394 e. The van der Waals surface area contributed by atoms with Gasteiger partial charge in [-0.05, 0) is 38.7 Å². The molecule has 0 spiro atoms. The summed E-state index contributed by atoms with van der Waals surface area (Å²) >= 11 is 0. The van der Waals surface area contributed by atoms with Crippen molar-refractivity contribution in [1.29, 1.82) is 0 Å². The fourth-order valence-corrected chi connectivity index (χ4v) is 2.92. The number of nitrogens with one attached hydrogen (secondary N) is 1. The van der Waals surface area contributed by atoms with Crippen LogP contribution in [0.3, 0.4) is 0 Å². The topological polar surface area (TPSA) is 52.6 Å². The molecule has 1 aliphatic rings. The summed E-state index contributed by atoms with van der Waals surface area (Å²) in [6.45, 7) is 5.62. The second-order valence-corrected chi connectivity index (χ2v) is 5.65. The summed E-state index contributed by atoms with van der Waals surface area (Å²) in [6.07, 6.45) is 2.72. The molecular formula is C16H24N2O2. The van der Waals surface area contributed by atoms with Gasteiger partial charge in [-0.25, -0.2) is 4.79 Å². The van der Waals surface area contributed by atoms with E-state index in [9.17, 15) is 9.90 Å². The predicted octanol–water partition coefficient (Wildman–Crippen LogP) is 2.01. The van der Waals surface area contributed by atoms with Gasteiger partial charge in [-0.2, -0.15) is 0 Å². The molecule has 2 N–H and O–H groups in total. The van der Waals surface area contributed by atoms with Crippen LogP contribution in [0.1, 0.15) is 29.5 Å². The van der Waals surface area contributed by atoms with E-state index in [1.807, 2.05) is 0 Å². The molecule has 4 heteroatoms. The number of hydrogen-bond donors (Lipinski definition) is 2. The highest BCUT2D eigenvalue weighted by atomic mass is 16.3. The molecule has 0 aliphatic carbocycles. The van der Waals surface area contributed by atoms with Crippen LogP contribution in [-0.2, 0) is 6.42 Å². The van der Waals surface area contributed by atoms with Crippen molar-refractivity contribution in [3.8, 4) is 0 Å². The summed E-state index contributed by atoms with van der Waals surface area (Å²) in [7, 11) is 0. The minimum absolute atomic E-state index is 0.00351. The Morgan fingerprint density at radius 1 is 1.35 bits per heavy atom. The maximum Gasteiger partial charge on any atom is 0.317 e. The number of benzene rings is 1. The third-order valence-corrected chi connectivity index (χ3v) is 3.82. The lowest BCUT2D eigenvalue weighted by Crippen LogP contribution is -2.44. The van der Waals surface area contributed by atoms with Crippen molar-refractivity contribution < 1.29 is 9.90 Å². The zero-order valence-electron chi connectivity index (χ0n) is 12.4. The quantitative estimate of drug-likeness (QED) is 0.884. The Labute approximate surface area is 120 Å². The lowest BCUT2D eigenvalue weighted by molar-refractivity contribution is 0.157. The molecule has 1 fully saturated rings. The second kappa shape index (κ2) is 6.75. The van der Waals surface area contributed by atoms with Gasteiger partial charge in [0.2, 0.25) is 0 Å². The molecule has 0 aromatic heterocycles. The summed E-state index contributed by atoms with van der Waals surface area (Å²) in [5, 5.41) is 12.2. The zero-order chi connectivity index (χ0) is 14.5. The zero-order valence-corrected chi connectivity index (χ0v) is 12.4. The number of carbonyl (C=O) groups excluding carboxylic acids is 1. The highest BCUT2D eigenvalue weighted by molar-refractivity contribution is 5.74. The number of aryl methyl sites for hydroxylation is 2. The summed E-state index contributed by atoms with van der Waals surface area (Å²) < 4.78 is 0. The number of urea groups is 1. The second-order valence-electron chi connectivity index (χ2n) is 5.65. The summed E-state index contributed by atoms with van der Waals surface area (Å²) in [6, 6.07) is 6.41. The molecule has 1 saturated heterocycles.